The first-order chi connectivity index (χ1) is 16.4. The number of alkyl carbamates (subject to hydrolysis) is 1. The van der Waals surface area contributed by atoms with Crippen molar-refractivity contribution in [3.8, 4) is 11.1 Å². The Kier molecular flexibility index (Phi) is 7.72. The number of alkyl halides is 3. The van der Waals surface area contributed by atoms with Gasteiger partial charge in [0, 0.05) is 24.3 Å². The molecule has 3 N–H and O–H groups in total. The summed E-state index contributed by atoms with van der Waals surface area (Å²) in [6.07, 6.45) is -7.59. The third-order valence-electron chi connectivity index (χ3n) is 5.76. The molecule has 3 rings (SSSR count). The molecule has 188 valence electrons. The lowest BCUT2D eigenvalue weighted by Crippen LogP contribution is -2.51. The number of amides is 2. The van der Waals surface area contributed by atoms with E-state index in [0.29, 0.717) is 0 Å². The minimum Gasteiger partial charge on any atom is -0.481 e. The molecule has 2 aromatic carbocycles. The largest absolute Gasteiger partial charge is 0.481 e. The molecule has 1 atom stereocenters. The number of carboxylic acids is 1. The molecular formula is C25H27F3N2O5. The second-order valence-electron chi connectivity index (χ2n) is 9.11. The molecule has 1 aliphatic rings. The van der Waals surface area contributed by atoms with Crippen molar-refractivity contribution in [2.24, 2.45) is 0 Å². The van der Waals surface area contributed by atoms with E-state index in [9.17, 15) is 27.6 Å². The second kappa shape index (κ2) is 10.4. The number of carbonyl (C=O) groups excluding carboxylic acids is 2. The van der Waals surface area contributed by atoms with Gasteiger partial charge in [-0.15, -0.1) is 0 Å². The van der Waals surface area contributed by atoms with E-state index in [1.807, 2.05) is 53.8 Å². The second-order valence-corrected chi connectivity index (χ2v) is 9.11. The van der Waals surface area contributed by atoms with E-state index in [1.165, 1.54) is 13.8 Å². The Bertz CT molecular complexity index is 1060. The molecule has 0 heterocycles. The number of fused-ring (bicyclic) bond motifs is 3. The molecule has 0 aliphatic heterocycles. The molecule has 0 spiro atoms. The lowest BCUT2D eigenvalue weighted by molar-refractivity contribution is -0.165. The van der Waals surface area contributed by atoms with Crippen molar-refractivity contribution in [1.29, 1.82) is 0 Å². The molecule has 2 aromatic rings. The molecule has 0 saturated heterocycles. The highest BCUT2D eigenvalue weighted by atomic mass is 19.4. The number of hydrogen-bond donors (Lipinski definition) is 3. The lowest BCUT2D eigenvalue weighted by atomic mass is 9.98. The molecule has 0 bridgehead atoms. The zero-order valence-electron chi connectivity index (χ0n) is 19.3. The number of aliphatic carboxylic acids is 1. The summed E-state index contributed by atoms with van der Waals surface area (Å²) in [6, 6.07) is 13.3. The third-order valence-corrected chi connectivity index (χ3v) is 5.76. The van der Waals surface area contributed by atoms with Crippen molar-refractivity contribution in [1.82, 2.24) is 10.6 Å². The Balaban J connectivity index is 1.57. The standard InChI is InChI=1S/C25H27F3N2O5/c1-24(2,13-21(31)29-20(25(26,27)28)11-12-22(32)33)30-23(34)35-14-19-17-9-5-3-7-15(17)16-8-4-6-10-18(16)19/h3-10,19-20H,11-14H2,1-2H3,(H,29,31)(H,30,34)(H,32,33)/t20-/m0/s1. The summed E-state index contributed by atoms with van der Waals surface area (Å²) in [4.78, 5) is 35.3. The van der Waals surface area contributed by atoms with Gasteiger partial charge in [0.2, 0.25) is 5.91 Å². The molecule has 0 aromatic heterocycles. The van der Waals surface area contributed by atoms with Crippen molar-refractivity contribution >= 4 is 18.0 Å². The van der Waals surface area contributed by atoms with E-state index in [-0.39, 0.29) is 12.5 Å². The lowest BCUT2D eigenvalue weighted by Gasteiger charge is -2.27. The topological polar surface area (TPSA) is 105 Å². The first-order valence-electron chi connectivity index (χ1n) is 11.1. The number of halogens is 3. The number of ether oxygens (including phenoxy) is 1. The first kappa shape index (κ1) is 26.1. The van der Waals surface area contributed by atoms with Crippen LogP contribution in [0.2, 0.25) is 0 Å². The van der Waals surface area contributed by atoms with Crippen molar-refractivity contribution in [2.75, 3.05) is 6.61 Å². The summed E-state index contributed by atoms with van der Waals surface area (Å²) in [5, 5.41) is 13.0. The minimum absolute atomic E-state index is 0.0491. The number of nitrogens with one attached hydrogen (secondary N) is 2. The molecular weight excluding hydrogens is 465 g/mol. The van der Waals surface area contributed by atoms with Gasteiger partial charge >= 0.3 is 18.2 Å². The van der Waals surface area contributed by atoms with Crippen LogP contribution in [0.1, 0.15) is 50.2 Å². The van der Waals surface area contributed by atoms with Gasteiger partial charge in [0.15, 0.2) is 0 Å². The Labute approximate surface area is 200 Å². The Hall–Kier alpha value is -3.56. The zero-order chi connectivity index (χ0) is 25.8. The highest BCUT2D eigenvalue weighted by Crippen LogP contribution is 2.44. The van der Waals surface area contributed by atoms with Gasteiger partial charge in [0.25, 0.3) is 0 Å². The van der Waals surface area contributed by atoms with E-state index in [0.717, 1.165) is 22.3 Å². The summed E-state index contributed by atoms with van der Waals surface area (Å²) in [5.41, 5.74) is 2.97. The van der Waals surface area contributed by atoms with Gasteiger partial charge in [0.1, 0.15) is 12.6 Å². The quantitative estimate of drug-likeness (QED) is 0.474. The molecule has 10 heteroatoms. The Morgan fingerprint density at radius 3 is 2.06 bits per heavy atom. The van der Waals surface area contributed by atoms with Crippen molar-refractivity contribution in [3.63, 3.8) is 0 Å². The predicted octanol–water partition coefficient (Wildman–Crippen LogP) is 4.61. The maximum absolute atomic E-state index is 13.1. The number of carbonyl (C=O) groups is 3. The predicted molar refractivity (Wildman–Crippen MR) is 122 cm³/mol. The molecule has 0 fully saturated rings. The van der Waals surface area contributed by atoms with Crippen LogP contribution in [0.25, 0.3) is 11.1 Å². The van der Waals surface area contributed by atoms with Gasteiger partial charge in [0.05, 0.1) is 0 Å². The van der Waals surface area contributed by atoms with Crippen LogP contribution in [-0.4, -0.2) is 47.4 Å². The van der Waals surface area contributed by atoms with Crippen LogP contribution in [0.4, 0.5) is 18.0 Å². The van der Waals surface area contributed by atoms with Crippen molar-refractivity contribution in [3.05, 3.63) is 59.7 Å². The summed E-state index contributed by atoms with van der Waals surface area (Å²) in [5.74, 6) is -2.53. The van der Waals surface area contributed by atoms with Crippen LogP contribution >= 0.6 is 0 Å². The van der Waals surface area contributed by atoms with Crippen LogP contribution in [-0.2, 0) is 14.3 Å². The zero-order valence-corrected chi connectivity index (χ0v) is 19.3. The maximum atomic E-state index is 13.1. The highest BCUT2D eigenvalue weighted by molar-refractivity contribution is 5.80. The SMILES string of the molecule is CC(C)(CC(=O)N[C@@H](CCC(=O)O)C(F)(F)F)NC(=O)OCC1c2ccccc2-c2ccccc21. The van der Waals surface area contributed by atoms with Crippen LogP contribution in [0.15, 0.2) is 48.5 Å². The first-order valence-corrected chi connectivity index (χ1v) is 11.1. The number of benzene rings is 2. The Morgan fingerprint density at radius 2 is 1.54 bits per heavy atom. The highest BCUT2D eigenvalue weighted by Gasteiger charge is 2.41. The van der Waals surface area contributed by atoms with Gasteiger partial charge in [-0.3, -0.25) is 9.59 Å². The monoisotopic (exact) mass is 492 g/mol. The molecule has 7 nitrogen and oxygen atoms in total. The summed E-state index contributed by atoms with van der Waals surface area (Å²) in [7, 11) is 0. The van der Waals surface area contributed by atoms with E-state index in [2.05, 4.69) is 5.32 Å². The van der Waals surface area contributed by atoms with Crippen molar-refractivity contribution in [2.45, 2.75) is 56.8 Å². The van der Waals surface area contributed by atoms with Gasteiger partial charge in [-0.1, -0.05) is 48.5 Å². The molecule has 2 amide bonds. The van der Waals surface area contributed by atoms with Crippen molar-refractivity contribution < 1.29 is 37.4 Å². The van der Waals surface area contributed by atoms with Gasteiger partial charge in [-0.25, -0.2) is 4.79 Å². The minimum atomic E-state index is -4.80. The van der Waals surface area contributed by atoms with E-state index in [4.69, 9.17) is 9.84 Å². The van der Waals surface area contributed by atoms with Crippen LogP contribution in [0.5, 0.6) is 0 Å². The normalized spacial score (nSPS) is 14.0. The van der Waals surface area contributed by atoms with Gasteiger partial charge in [-0.2, -0.15) is 13.2 Å². The summed E-state index contributed by atoms with van der Waals surface area (Å²) < 4.78 is 44.8. The molecule has 35 heavy (non-hydrogen) atoms. The average Bonchev–Trinajstić information content (AvgIpc) is 3.07. The van der Waals surface area contributed by atoms with E-state index >= 15 is 0 Å². The number of carboxylic acid groups (broad SMARTS) is 1. The molecule has 0 radical (unpaired) electrons. The smallest absolute Gasteiger partial charge is 0.408 e. The molecule has 1 aliphatic carbocycles. The Morgan fingerprint density at radius 1 is 1.00 bits per heavy atom. The summed E-state index contributed by atoms with van der Waals surface area (Å²) >= 11 is 0. The van der Waals surface area contributed by atoms with E-state index < -0.39 is 55.0 Å². The van der Waals surface area contributed by atoms with Crippen LogP contribution in [0.3, 0.4) is 0 Å². The van der Waals surface area contributed by atoms with Gasteiger partial charge in [-0.05, 0) is 42.5 Å². The number of hydrogen-bond acceptors (Lipinski definition) is 4. The van der Waals surface area contributed by atoms with Crippen LogP contribution < -0.4 is 10.6 Å². The number of rotatable bonds is 9. The van der Waals surface area contributed by atoms with E-state index in [1.54, 1.807) is 0 Å². The fraction of sp³-hybridized carbons (Fsp3) is 0.400. The fourth-order valence-corrected chi connectivity index (χ4v) is 4.19. The maximum Gasteiger partial charge on any atom is 0.408 e. The van der Waals surface area contributed by atoms with Gasteiger partial charge < -0.3 is 20.5 Å². The molecule has 0 unspecified atom stereocenters. The van der Waals surface area contributed by atoms with Crippen LogP contribution in [0, 0.1) is 0 Å². The molecule has 0 saturated carbocycles. The fourth-order valence-electron chi connectivity index (χ4n) is 4.19. The average molecular weight is 492 g/mol. The summed E-state index contributed by atoms with van der Waals surface area (Å²) in [6.45, 7) is 3.01. The third kappa shape index (κ3) is 6.74.